The van der Waals surface area contributed by atoms with Gasteiger partial charge >= 0.3 is 0 Å². The van der Waals surface area contributed by atoms with E-state index in [9.17, 15) is 0 Å². The molecule has 0 atom stereocenters. The predicted molar refractivity (Wildman–Crippen MR) is 59.7 cm³/mol. The third-order valence-electron chi connectivity index (χ3n) is 2.09. The van der Waals surface area contributed by atoms with E-state index in [1.54, 1.807) is 11.3 Å². The van der Waals surface area contributed by atoms with Crippen molar-refractivity contribution in [1.29, 1.82) is 0 Å². The van der Waals surface area contributed by atoms with Gasteiger partial charge in [0, 0.05) is 5.38 Å². The Bertz CT molecular complexity index is 435. The Balaban J connectivity index is 2.17. The minimum Gasteiger partial charge on any atom is -0.334 e. The summed E-state index contributed by atoms with van der Waals surface area (Å²) < 4.78 is 5.19. The van der Waals surface area contributed by atoms with Crippen molar-refractivity contribution < 1.29 is 4.52 Å². The van der Waals surface area contributed by atoms with Crippen molar-refractivity contribution in [3.8, 4) is 11.5 Å². The van der Waals surface area contributed by atoms with E-state index >= 15 is 0 Å². The maximum atomic E-state index is 5.19. The second-order valence-corrected chi connectivity index (χ2v) is 4.01. The highest BCUT2D eigenvalue weighted by Crippen LogP contribution is 2.24. The Hall–Kier alpha value is -1.20. The van der Waals surface area contributed by atoms with Crippen LogP contribution in [0.15, 0.2) is 15.3 Å². The predicted octanol–water partition coefficient (Wildman–Crippen LogP) is 2.22. The monoisotopic (exact) mass is 223 g/mol. The van der Waals surface area contributed by atoms with Crippen molar-refractivity contribution in [2.24, 2.45) is 0 Å². The maximum Gasteiger partial charge on any atom is 0.259 e. The normalized spacial score (nSPS) is 10.8. The molecule has 0 amide bonds. The fourth-order valence-electron chi connectivity index (χ4n) is 1.25. The van der Waals surface area contributed by atoms with Crippen molar-refractivity contribution in [2.75, 3.05) is 6.54 Å². The lowest BCUT2D eigenvalue weighted by Gasteiger charge is -1.92. The summed E-state index contributed by atoms with van der Waals surface area (Å²) in [7, 11) is 0. The van der Waals surface area contributed by atoms with Gasteiger partial charge in [0.05, 0.1) is 12.1 Å². The number of nitrogens with one attached hydrogen (secondary N) is 1. The second kappa shape index (κ2) is 4.55. The number of aromatic nitrogens is 2. The van der Waals surface area contributed by atoms with Gasteiger partial charge in [-0.15, -0.1) is 0 Å². The summed E-state index contributed by atoms with van der Waals surface area (Å²) >= 11 is 1.64. The fraction of sp³-hybridized carbons (Fsp3) is 0.400. The quantitative estimate of drug-likeness (QED) is 0.863. The van der Waals surface area contributed by atoms with Crippen LogP contribution in [0.4, 0.5) is 0 Å². The molecule has 0 saturated carbocycles. The van der Waals surface area contributed by atoms with Gasteiger partial charge in [-0.25, -0.2) is 0 Å². The molecule has 0 aliphatic rings. The molecule has 2 aromatic rings. The van der Waals surface area contributed by atoms with Gasteiger partial charge in [0.2, 0.25) is 0 Å². The van der Waals surface area contributed by atoms with Crippen molar-refractivity contribution in [3.63, 3.8) is 0 Å². The summed E-state index contributed by atoms with van der Waals surface area (Å²) in [6.45, 7) is 5.65. The number of hydrogen-bond acceptors (Lipinski definition) is 5. The van der Waals surface area contributed by atoms with Crippen LogP contribution in [0, 0.1) is 6.92 Å². The average Bonchev–Trinajstić information content (AvgIpc) is 2.83. The minimum atomic E-state index is 0.613. The average molecular weight is 223 g/mol. The molecule has 0 radical (unpaired) electrons. The van der Waals surface area contributed by atoms with E-state index in [0.29, 0.717) is 18.3 Å². The summed E-state index contributed by atoms with van der Waals surface area (Å²) in [6, 6.07) is 0. The Morgan fingerprint density at radius 3 is 3.00 bits per heavy atom. The molecule has 0 aliphatic carbocycles. The highest BCUT2D eigenvalue weighted by atomic mass is 32.1. The van der Waals surface area contributed by atoms with Crippen LogP contribution in [0.1, 0.15) is 18.3 Å². The number of thiophene rings is 1. The van der Waals surface area contributed by atoms with E-state index in [2.05, 4.69) is 20.8 Å². The highest BCUT2D eigenvalue weighted by Gasteiger charge is 2.11. The van der Waals surface area contributed by atoms with Crippen LogP contribution in [-0.4, -0.2) is 16.7 Å². The molecular formula is C10H13N3OS. The SMILES string of the molecule is CCNCc1noc(-c2cscc2C)n1. The van der Waals surface area contributed by atoms with Gasteiger partial charge in [0.25, 0.3) is 5.89 Å². The van der Waals surface area contributed by atoms with Crippen LogP contribution in [0.2, 0.25) is 0 Å². The first kappa shape index (κ1) is 10.3. The van der Waals surface area contributed by atoms with Crippen molar-refractivity contribution in [3.05, 3.63) is 22.1 Å². The molecule has 2 heterocycles. The van der Waals surface area contributed by atoms with Crippen LogP contribution in [-0.2, 0) is 6.54 Å². The van der Waals surface area contributed by atoms with Crippen molar-refractivity contribution in [2.45, 2.75) is 20.4 Å². The zero-order chi connectivity index (χ0) is 10.7. The standard InChI is InChI=1S/C10H13N3OS/c1-3-11-4-9-12-10(14-13-9)8-6-15-5-7(8)2/h5-6,11H,3-4H2,1-2H3. The molecule has 1 N–H and O–H groups in total. The first-order chi connectivity index (χ1) is 7.31. The third kappa shape index (κ3) is 2.24. The zero-order valence-electron chi connectivity index (χ0n) is 8.78. The molecule has 4 nitrogen and oxygen atoms in total. The number of nitrogens with zero attached hydrogens (tertiary/aromatic N) is 2. The van der Waals surface area contributed by atoms with E-state index in [-0.39, 0.29) is 0 Å². The van der Waals surface area contributed by atoms with E-state index < -0.39 is 0 Å². The largest absolute Gasteiger partial charge is 0.334 e. The molecule has 0 fully saturated rings. The Kier molecular flexibility index (Phi) is 3.13. The molecule has 5 heteroatoms. The molecule has 0 bridgehead atoms. The van der Waals surface area contributed by atoms with Gasteiger partial charge < -0.3 is 9.84 Å². The van der Waals surface area contributed by atoms with Gasteiger partial charge in [-0.1, -0.05) is 12.1 Å². The van der Waals surface area contributed by atoms with Gasteiger partial charge in [-0.2, -0.15) is 16.3 Å². The second-order valence-electron chi connectivity index (χ2n) is 3.26. The molecule has 15 heavy (non-hydrogen) atoms. The van der Waals surface area contributed by atoms with Crippen molar-refractivity contribution >= 4 is 11.3 Å². The first-order valence-electron chi connectivity index (χ1n) is 4.87. The molecule has 0 saturated heterocycles. The molecule has 0 unspecified atom stereocenters. The smallest absolute Gasteiger partial charge is 0.259 e. The van der Waals surface area contributed by atoms with E-state index in [4.69, 9.17) is 4.52 Å². The zero-order valence-corrected chi connectivity index (χ0v) is 9.60. The summed E-state index contributed by atoms with van der Waals surface area (Å²) in [4.78, 5) is 4.32. The number of aryl methyl sites for hydroxylation is 1. The molecule has 2 rings (SSSR count). The molecule has 0 aliphatic heterocycles. The molecule has 0 aromatic carbocycles. The maximum absolute atomic E-state index is 5.19. The number of rotatable bonds is 4. The third-order valence-corrected chi connectivity index (χ3v) is 2.95. The molecule has 80 valence electrons. The topological polar surface area (TPSA) is 51.0 Å². The first-order valence-corrected chi connectivity index (χ1v) is 5.82. The van der Waals surface area contributed by atoms with E-state index in [0.717, 1.165) is 12.1 Å². The van der Waals surface area contributed by atoms with Crippen LogP contribution >= 0.6 is 11.3 Å². The van der Waals surface area contributed by atoms with Gasteiger partial charge in [-0.05, 0) is 24.4 Å². The van der Waals surface area contributed by atoms with Crippen LogP contribution in [0.5, 0.6) is 0 Å². The Labute approximate surface area is 92.3 Å². The lowest BCUT2D eigenvalue weighted by Crippen LogP contribution is -2.12. The molecule has 2 aromatic heterocycles. The van der Waals surface area contributed by atoms with Crippen molar-refractivity contribution in [1.82, 2.24) is 15.5 Å². The molecule has 0 spiro atoms. The lowest BCUT2D eigenvalue weighted by molar-refractivity contribution is 0.420. The van der Waals surface area contributed by atoms with Gasteiger partial charge in [0.15, 0.2) is 5.82 Å². The van der Waals surface area contributed by atoms with Gasteiger partial charge in [-0.3, -0.25) is 0 Å². The Morgan fingerprint density at radius 2 is 2.33 bits per heavy atom. The van der Waals surface area contributed by atoms with Crippen LogP contribution in [0.25, 0.3) is 11.5 Å². The van der Waals surface area contributed by atoms with Crippen LogP contribution in [0.3, 0.4) is 0 Å². The van der Waals surface area contributed by atoms with Gasteiger partial charge in [0.1, 0.15) is 0 Å². The van der Waals surface area contributed by atoms with E-state index in [1.807, 2.05) is 19.2 Å². The summed E-state index contributed by atoms with van der Waals surface area (Å²) in [5.41, 5.74) is 2.22. The van der Waals surface area contributed by atoms with Crippen LogP contribution < -0.4 is 5.32 Å². The Morgan fingerprint density at radius 1 is 1.47 bits per heavy atom. The summed E-state index contributed by atoms with van der Waals surface area (Å²) in [6.07, 6.45) is 0. The summed E-state index contributed by atoms with van der Waals surface area (Å²) in [5, 5.41) is 11.2. The lowest BCUT2D eigenvalue weighted by atomic mass is 10.2. The number of hydrogen-bond donors (Lipinski definition) is 1. The highest BCUT2D eigenvalue weighted by molar-refractivity contribution is 7.08. The minimum absolute atomic E-state index is 0.613. The fourth-order valence-corrected chi connectivity index (χ4v) is 2.07. The van der Waals surface area contributed by atoms with E-state index in [1.165, 1.54) is 5.56 Å². The summed E-state index contributed by atoms with van der Waals surface area (Å²) in [5.74, 6) is 1.32. The molecular weight excluding hydrogens is 210 g/mol.